The van der Waals surface area contributed by atoms with E-state index in [1.54, 1.807) is 12.1 Å². The van der Waals surface area contributed by atoms with Crippen LogP contribution in [0.2, 0.25) is 0 Å². The number of piperidine rings is 1. The highest BCUT2D eigenvalue weighted by atomic mass is 19.1. The molecule has 5 nitrogen and oxygen atoms in total. The number of carbonyl (C=O) groups excluding carboxylic acids is 2. The molecular weight excluding hydrogens is 333 g/mol. The van der Waals surface area contributed by atoms with Crippen LogP contribution in [0.4, 0.5) is 15.8 Å². The molecule has 0 spiro atoms. The van der Waals surface area contributed by atoms with Gasteiger partial charge in [-0.3, -0.25) is 9.59 Å². The summed E-state index contributed by atoms with van der Waals surface area (Å²) < 4.78 is 12.9. The molecule has 2 amide bonds. The van der Waals surface area contributed by atoms with E-state index in [0.717, 1.165) is 36.5 Å². The molecule has 2 aromatic rings. The van der Waals surface area contributed by atoms with Crippen molar-refractivity contribution in [3.05, 3.63) is 60.4 Å². The van der Waals surface area contributed by atoms with Crippen molar-refractivity contribution in [3.8, 4) is 0 Å². The number of hydrogen-bond acceptors (Lipinski definition) is 2. The molecule has 136 valence electrons. The predicted molar refractivity (Wildman–Crippen MR) is 98.4 cm³/mol. The number of quaternary nitrogens is 1. The van der Waals surface area contributed by atoms with Crippen LogP contribution in [0.3, 0.4) is 0 Å². The summed E-state index contributed by atoms with van der Waals surface area (Å²) in [5.74, 6) is -0.395. The van der Waals surface area contributed by atoms with E-state index in [0.29, 0.717) is 12.2 Å². The van der Waals surface area contributed by atoms with E-state index in [9.17, 15) is 14.0 Å². The standard InChI is InChI=1S/C20H22FN3O2/c21-16-6-8-18(9-7-16)22-19(25)14-24-12-10-15(11-13-24)20(26)23-17-4-2-1-3-5-17/h1-9,15H,10-14H2,(H,22,25)(H,23,26)/p+1. The Morgan fingerprint density at radius 1 is 0.923 bits per heavy atom. The van der Waals surface area contributed by atoms with Gasteiger partial charge in [0.2, 0.25) is 5.91 Å². The number of rotatable bonds is 5. The summed E-state index contributed by atoms with van der Waals surface area (Å²) in [7, 11) is 0. The molecule has 0 atom stereocenters. The molecular formula is C20H23FN3O2+. The van der Waals surface area contributed by atoms with Crippen molar-refractivity contribution in [1.29, 1.82) is 0 Å². The lowest BCUT2D eigenvalue weighted by molar-refractivity contribution is -0.897. The molecule has 1 fully saturated rings. The second-order valence-electron chi connectivity index (χ2n) is 6.61. The van der Waals surface area contributed by atoms with Gasteiger partial charge in [0, 0.05) is 30.1 Å². The van der Waals surface area contributed by atoms with Crippen molar-refractivity contribution in [2.45, 2.75) is 12.8 Å². The van der Waals surface area contributed by atoms with Gasteiger partial charge in [0.15, 0.2) is 6.54 Å². The summed E-state index contributed by atoms with van der Waals surface area (Å²) in [6.45, 7) is 1.91. The van der Waals surface area contributed by atoms with E-state index in [1.165, 1.54) is 12.1 Å². The Morgan fingerprint density at radius 2 is 1.54 bits per heavy atom. The number of nitrogens with one attached hydrogen (secondary N) is 3. The number of likely N-dealkylation sites (tertiary alicyclic amines) is 1. The Hall–Kier alpha value is -2.73. The number of carbonyl (C=O) groups is 2. The molecule has 26 heavy (non-hydrogen) atoms. The number of hydrogen-bond donors (Lipinski definition) is 3. The fourth-order valence-electron chi connectivity index (χ4n) is 3.20. The average Bonchev–Trinajstić information content (AvgIpc) is 2.65. The Morgan fingerprint density at radius 3 is 2.19 bits per heavy atom. The second kappa shape index (κ2) is 8.58. The number of benzene rings is 2. The minimum Gasteiger partial charge on any atom is -0.327 e. The van der Waals surface area contributed by atoms with Gasteiger partial charge in [-0.25, -0.2) is 4.39 Å². The van der Waals surface area contributed by atoms with Crippen molar-refractivity contribution < 1.29 is 18.9 Å². The van der Waals surface area contributed by atoms with Gasteiger partial charge in [-0.2, -0.15) is 0 Å². The summed E-state index contributed by atoms with van der Waals surface area (Å²) in [6, 6.07) is 15.2. The normalized spacial score (nSPS) is 19.6. The first-order valence-corrected chi connectivity index (χ1v) is 8.85. The Balaban J connectivity index is 1.42. The lowest BCUT2D eigenvalue weighted by atomic mass is 9.96. The van der Waals surface area contributed by atoms with E-state index >= 15 is 0 Å². The molecule has 1 aliphatic rings. The maximum atomic E-state index is 12.9. The molecule has 1 heterocycles. The Kier molecular flexibility index (Phi) is 5.96. The van der Waals surface area contributed by atoms with E-state index in [-0.39, 0.29) is 23.5 Å². The van der Waals surface area contributed by atoms with Crippen LogP contribution in [0.1, 0.15) is 12.8 Å². The van der Waals surface area contributed by atoms with Crippen LogP contribution in [0.15, 0.2) is 54.6 Å². The van der Waals surface area contributed by atoms with Crippen LogP contribution in [0.25, 0.3) is 0 Å². The van der Waals surface area contributed by atoms with Crippen molar-refractivity contribution in [3.63, 3.8) is 0 Å². The molecule has 3 rings (SSSR count). The van der Waals surface area contributed by atoms with Gasteiger partial charge < -0.3 is 15.5 Å². The second-order valence-corrected chi connectivity index (χ2v) is 6.61. The van der Waals surface area contributed by atoms with E-state index < -0.39 is 0 Å². The maximum Gasteiger partial charge on any atom is 0.279 e. The van der Waals surface area contributed by atoms with Gasteiger partial charge in [0.1, 0.15) is 5.82 Å². The molecule has 1 aliphatic heterocycles. The van der Waals surface area contributed by atoms with Crippen LogP contribution in [0.5, 0.6) is 0 Å². The highest BCUT2D eigenvalue weighted by Crippen LogP contribution is 2.14. The molecule has 6 heteroatoms. The Labute approximate surface area is 152 Å². The van der Waals surface area contributed by atoms with Crippen molar-refractivity contribution in [2.75, 3.05) is 30.3 Å². The number of halogens is 1. The van der Waals surface area contributed by atoms with Crippen LogP contribution in [-0.2, 0) is 9.59 Å². The zero-order valence-electron chi connectivity index (χ0n) is 14.5. The minimum atomic E-state index is -0.329. The Bertz CT molecular complexity index is 741. The lowest BCUT2D eigenvalue weighted by Crippen LogP contribution is -3.14. The monoisotopic (exact) mass is 356 g/mol. The van der Waals surface area contributed by atoms with E-state index in [2.05, 4.69) is 10.6 Å². The van der Waals surface area contributed by atoms with Crippen LogP contribution in [0, 0.1) is 11.7 Å². The quantitative estimate of drug-likeness (QED) is 0.764. The number of anilines is 2. The largest absolute Gasteiger partial charge is 0.327 e. The van der Waals surface area contributed by atoms with Gasteiger partial charge in [0.05, 0.1) is 13.1 Å². The third-order valence-corrected chi connectivity index (χ3v) is 4.64. The molecule has 0 unspecified atom stereocenters. The summed E-state index contributed by atoms with van der Waals surface area (Å²) >= 11 is 0. The zero-order valence-corrected chi connectivity index (χ0v) is 14.5. The smallest absolute Gasteiger partial charge is 0.279 e. The average molecular weight is 356 g/mol. The molecule has 3 N–H and O–H groups in total. The van der Waals surface area contributed by atoms with Gasteiger partial charge in [-0.05, 0) is 36.4 Å². The molecule has 0 aromatic heterocycles. The molecule has 1 saturated heterocycles. The molecule has 0 aliphatic carbocycles. The maximum absolute atomic E-state index is 12.9. The van der Waals surface area contributed by atoms with E-state index in [1.807, 2.05) is 30.3 Å². The fourth-order valence-corrected chi connectivity index (χ4v) is 3.20. The van der Waals surface area contributed by atoms with Gasteiger partial charge in [-0.15, -0.1) is 0 Å². The fraction of sp³-hybridized carbons (Fsp3) is 0.300. The van der Waals surface area contributed by atoms with Crippen LogP contribution in [-0.4, -0.2) is 31.4 Å². The molecule has 0 radical (unpaired) electrons. The summed E-state index contributed by atoms with van der Waals surface area (Å²) in [6.07, 6.45) is 1.52. The SMILES string of the molecule is O=C(C[NH+]1CCC(C(=O)Nc2ccccc2)CC1)Nc1ccc(F)cc1. The first kappa shape index (κ1) is 18.1. The third-order valence-electron chi connectivity index (χ3n) is 4.64. The van der Waals surface area contributed by atoms with Crippen molar-refractivity contribution in [2.24, 2.45) is 5.92 Å². The highest BCUT2D eigenvalue weighted by molar-refractivity contribution is 5.92. The zero-order chi connectivity index (χ0) is 18.4. The van der Waals surface area contributed by atoms with Crippen LogP contribution < -0.4 is 15.5 Å². The lowest BCUT2D eigenvalue weighted by Gasteiger charge is -2.28. The molecule has 2 aromatic carbocycles. The summed E-state index contributed by atoms with van der Waals surface area (Å²) in [4.78, 5) is 25.6. The number of para-hydroxylation sites is 1. The van der Waals surface area contributed by atoms with Crippen LogP contribution >= 0.6 is 0 Å². The summed E-state index contributed by atoms with van der Waals surface area (Å²) in [5, 5.41) is 5.72. The van der Waals surface area contributed by atoms with E-state index in [4.69, 9.17) is 0 Å². The van der Waals surface area contributed by atoms with Crippen molar-refractivity contribution >= 4 is 23.2 Å². The van der Waals surface area contributed by atoms with Gasteiger partial charge in [0.25, 0.3) is 5.91 Å². The predicted octanol–water partition coefficient (Wildman–Crippen LogP) is 1.70. The summed E-state index contributed by atoms with van der Waals surface area (Å²) in [5.41, 5.74) is 1.40. The molecule has 0 saturated carbocycles. The first-order valence-electron chi connectivity index (χ1n) is 8.85. The van der Waals surface area contributed by atoms with Gasteiger partial charge >= 0.3 is 0 Å². The number of amides is 2. The third kappa shape index (κ3) is 5.13. The first-order chi connectivity index (χ1) is 12.6. The minimum absolute atomic E-state index is 0.0147. The molecule has 0 bridgehead atoms. The topological polar surface area (TPSA) is 62.6 Å². The van der Waals surface area contributed by atoms with Gasteiger partial charge in [-0.1, -0.05) is 18.2 Å². The van der Waals surface area contributed by atoms with Crippen molar-refractivity contribution in [1.82, 2.24) is 0 Å². The highest BCUT2D eigenvalue weighted by Gasteiger charge is 2.28.